The molecule has 1 aromatic rings. The number of carbonyl (C=O) groups excluding carboxylic acids is 1. The van der Waals surface area contributed by atoms with E-state index in [0.717, 1.165) is 10.0 Å². The van der Waals surface area contributed by atoms with Crippen molar-refractivity contribution in [1.29, 1.82) is 0 Å². The first kappa shape index (κ1) is 16.7. The number of amides is 1. The molecule has 0 bridgehead atoms. The Kier molecular flexibility index (Phi) is 5.74. The molecular weight excluding hydrogens is 322 g/mol. The minimum absolute atomic E-state index is 0.00948. The number of carboxylic acid groups (broad SMARTS) is 1. The third-order valence-electron chi connectivity index (χ3n) is 3.75. The van der Waals surface area contributed by atoms with Crippen LogP contribution in [0.5, 0.6) is 0 Å². The highest BCUT2D eigenvalue weighted by Gasteiger charge is 2.37. The van der Waals surface area contributed by atoms with Crippen molar-refractivity contribution in [3.63, 3.8) is 0 Å². The number of aliphatic carboxylic acids is 1. The van der Waals surface area contributed by atoms with Gasteiger partial charge in [0.2, 0.25) is 5.91 Å². The molecule has 0 saturated carbocycles. The Morgan fingerprint density at radius 1 is 1.30 bits per heavy atom. The van der Waals surface area contributed by atoms with E-state index in [2.05, 4.69) is 21.2 Å². The molecule has 0 unspecified atom stereocenters. The highest BCUT2D eigenvalue weighted by Crippen LogP contribution is 2.31. The van der Waals surface area contributed by atoms with Gasteiger partial charge in [0, 0.05) is 16.6 Å². The molecule has 0 aromatic heterocycles. The Morgan fingerprint density at radius 2 is 1.90 bits per heavy atom. The molecule has 0 atom stereocenters. The summed E-state index contributed by atoms with van der Waals surface area (Å²) in [6.45, 7) is 5.53. The third-order valence-corrected chi connectivity index (χ3v) is 4.64. The first-order chi connectivity index (χ1) is 9.34. The summed E-state index contributed by atoms with van der Waals surface area (Å²) in [5, 5.41) is 12.1. The van der Waals surface area contributed by atoms with E-state index in [0.29, 0.717) is 18.5 Å². The Balaban J connectivity index is 2.80. The topological polar surface area (TPSA) is 66.4 Å². The molecule has 20 heavy (non-hydrogen) atoms. The second-order valence-corrected chi connectivity index (χ2v) is 5.84. The maximum Gasteiger partial charge on any atom is 0.310 e. The second-order valence-electron chi connectivity index (χ2n) is 4.98. The number of halogens is 1. The van der Waals surface area contributed by atoms with E-state index in [1.165, 1.54) is 0 Å². The van der Waals surface area contributed by atoms with Crippen LogP contribution in [-0.4, -0.2) is 17.0 Å². The average molecular weight is 342 g/mol. The number of hydrogen-bond acceptors (Lipinski definition) is 2. The van der Waals surface area contributed by atoms with Crippen molar-refractivity contribution in [1.82, 2.24) is 0 Å². The molecule has 0 fully saturated rings. The Labute approximate surface area is 127 Å². The number of anilines is 1. The normalized spacial score (nSPS) is 11.2. The summed E-state index contributed by atoms with van der Waals surface area (Å²) in [4.78, 5) is 23.4. The van der Waals surface area contributed by atoms with Crippen molar-refractivity contribution >= 4 is 33.5 Å². The van der Waals surface area contributed by atoms with Gasteiger partial charge in [0.25, 0.3) is 0 Å². The van der Waals surface area contributed by atoms with Crippen molar-refractivity contribution in [3.8, 4) is 0 Å². The van der Waals surface area contributed by atoms with E-state index in [1.807, 2.05) is 19.1 Å². The summed E-state index contributed by atoms with van der Waals surface area (Å²) >= 11 is 3.40. The van der Waals surface area contributed by atoms with Crippen LogP contribution in [0.2, 0.25) is 0 Å². The average Bonchev–Trinajstić information content (AvgIpc) is 2.40. The van der Waals surface area contributed by atoms with Gasteiger partial charge in [-0.25, -0.2) is 0 Å². The molecule has 0 aliphatic carbocycles. The van der Waals surface area contributed by atoms with Gasteiger partial charge >= 0.3 is 5.97 Å². The van der Waals surface area contributed by atoms with Crippen LogP contribution < -0.4 is 5.32 Å². The number of nitrogens with one attached hydrogen (secondary N) is 1. The molecule has 5 heteroatoms. The van der Waals surface area contributed by atoms with Crippen molar-refractivity contribution in [2.45, 2.75) is 40.0 Å². The van der Waals surface area contributed by atoms with Crippen LogP contribution >= 0.6 is 15.9 Å². The number of aryl methyl sites for hydroxylation is 1. The van der Waals surface area contributed by atoms with E-state index < -0.39 is 11.4 Å². The third kappa shape index (κ3) is 3.82. The van der Waals surface area contributed by atoms with Gasteiger partial charge in [0.1, 0.15) is 0 Å². The molecule has 1 amide bonds. The fourth-order valence-corrected chi connectivity index (χ4v) is 2.36. The van der Waals surface area contributed by atoms with Crippen LogP contribution in [0.4, 0.5) is 5.69 Å². The predicted octanol–water partition coefficient (Wildman–Crippen LogP) is 3.98. The van der Waals surface area contributed by atoms with E-state index >= 15 is 0 Å². The summed E-state index contributed by atoms with van der Waals surface area (Å²) in [7, 11) is 0. The van der Waals surface area contributed by atoms with E-state index in [9.17, 15) is 14.7 Å². The Bertz CT molecular complexity index is 510. The molecule has 2 N–H and O–H groups in total. The fourth-order valence-electron chi connectivity index (χ4n) is 2.11. The number of benzene rings is 1. The largest absolute Gasteiger partial charge is 0.481 e. The Morgan fingerprint density at radius 3 is 2.35 bits per heavy atom. The fraction of sp³-hybridized carbons (Fsp3) is 0.467. The molecule has 4 nitrogen and oxygen atoms in total. The molecule has 0 heterocycles. The molecule has 0 aliphatic heterocycles. The van der Waals surface area contributed by atoms with Crippen LogP contribution in [-0.2, 0) is 9.59 Å². The first-order valence-corrected chi connectivity index (χ1v) is 7.43. The molecule has 0 spiro atoms. The SMILES string of the molecule is CCC(CC)(CC(=O)Nc1ccc(Br)c(C)c1)C(=O)O. The zero-order valence-corrected chi connectivity index (χ0v) is 13.6. The zero-order valence-electron chi connectivity index (χ0n) is 12.0. The number of rotatable bonds is 6. The standard InChI is InChI=1S/C15H20BrNO3/c1-4-15(5-2,14(19)20)9-13(18)17-11-6-7-12(16)10(3)8-11/h6-8H,4-5,9H2,1-3H3,(H,17,18)(H,19,20). The molecule has 1 rings (SSSR count). The molecule has 1 aromatic carbocycles. The van der Waals surface area contributed by atoms with Crippen molar-refractivity contribution in [2.75, 3.05) is 5.32 Å². The van der Waals surface area contributed by atoms with Gasteiger partial charge < -0.3 is 10.4 Å². The highest BCUT2D eigenvalue weighted by molar-refractivity contribution is 9.10. The predicted molar refractivity (Wildman–Crippen MR) is 82.8 cm³/mol. The smallest absolute Gasteiger partial charge is 0.310 e. The summed E-state index contributed by atoms with van der Waals surface area (Å²) in [6.07, 6.45) is 0.863. The van der Waals surface area contributed by atoms with Crippen molar-refractivity contribution in [2.24, 2.45) is 5.41 Å². The number of hydrogen-bond donors (Lipinski definition) is 2. The lowest BCUT2D eigenvalue weighted by Crippen LogP contribution is -2.34. The monoisotopic (exact) mass is 341 g/mol. The number of carbonyl (C=O) groups is 2. The summed E-state index contributed by atoms with van der Waals surface area (Å²) in [5.74, 6) is -1.18. The van der Waals surface area contributed by atoms with Crippen LogP contribution in [0.3, 0.4) is 0 Å². The minimum Gasteiger partial charge on any atom is -0.481 e. The van der Waals surface area contributed by atoms with Gasteiger partial charge in [-0.1, -0.05) is 29.8 Å². The van der Waals surface area contributed by atoms with E-state index in [1.54, 1.807) is 19.9 Å². The molecule has 0 aliphatic rings. The van der Waals surface area contributed by atoms with Crippen LogP contribution in [0.15, 0.2) is 22.7 Å². The van der Waals surface area contributed by atoms with Gasteiger partial charge in [0.15, 0.2) is 0 Å². The van der Waals surface area contributed by atoms with Crippen molar-refractivity contribution in [3.05, 3.63) is 28.2 Å². The maximum atomic E-state index is 12.1. The van der Waals surface area contributed by atoms with Gasteiger partial charge in [-0.15, -0.1) is 0 Å². The lowest BCUT2D eigenvalue weighted by Gasteiger charge is -2.25. The molecule has 0 radical (unpaired) electrons. The summed E-state index contributed by atoms with van der Waals surface area (Å²) in [6, 6.07) is 5.49. The van der Waals surface area contributed by atoms with Gasteiger partial charge in [-0.05, 0) is 43.5 Å². The highest BCUT2D eigenvalue weighted by atomic mass is 79.9. The first-order valence-electron chi connectivity index (χ1n) is 6.64. The second kappa shape index (κ2) is 6.88. The van der Waals surface area contributed by atoms with Crippen LogP contribution in [0.1, 0.15) is 38.7 Å². The maximum absolute atomic E-state index is 12.1. The minimum atomic E-state index is -0.978. The van der Waals surface area contributed by atoms with Gasteiger partial charge in [0.05, 0.1) is 5.41 Å². The van der Waals surface area contributed by atoms with Crippen molar-refractivity contribution < 1.29 is 14.7 Å². The number of carboxylic acids is 1. The quantitative estimate of drug-likeness (QED) is 0.822. The van der Waals surface area contributed by atoms with E-state index in [4.69, 9.17) is 0 Å². The summed E-state index contributed by atoms with van der Waals surface area (Å²) in [5.41, 5.74) is 0.717. The van der Waals surface area contributed by atoms with Crippen LogP contribution in [0, 0.1) is 12.3 Å². The lowest BCUT2D eigenvalue weighted by molar-refractivity contribution is -0.151. The van der Waals surface area contributed by atoms with Crippen LogP contribution in [0.25, 0.3) is 0 Å². The lowest BCUT2D eigenvalue weighted by atomic mass is 9.79. The Hall–Kier alpha value is -1.36. The molecular formula is C15H20BrNO3. The zero-order chi connectivity index (χ0) is 15.3. The molecule has 0 saturated heterocycles. The van der Waals surface area contributed by atoms with E-state index in [-0.39, 0.29) is 12.3 Å². The molecule has 110 valence electrons. The summed E-state index contributed by atoms with van der Waals surface area (Å²) < 4.78 is 0.970. The van der Waals surface area contributed by atoms with Gasteiger partial charge in [-0.3, -0.25) is 9.59 Å². The van der Waals surface area contributed by atoms with Gasteiger partial charge in [-0.2, -0.15) is 0 Å².